The summed E-state index contributed by atoms with van der Waals surface area (Å²) in [6.45, 7) is 0.840. The Morgan fingerprint density at radius 1 is 0.717 bits per heavy atom. The fraction of sp³-hybridized carbons (Fsp3) is 0.319. The molecule has 0 aliphatic carbocycles. The highest BCUT2D eigenvalue weighted by molar-refractivity contribution is 9.10. The maximum atomic E-state index is 13.9. The van der Waals surface area contributed by atoms with Crippen LogP contribution in [0, 0.1) is 0 Å². The molecule has 1 aromatic heterocycles. The van der Waals surface area contributed by atoms with E-state index in [0.717, 1.165) is 16.5 Å². The molecule has 3 heterocycles. The Labute approximate surface area is 356 Å². The molecule has 0 unspecified atom stereocenters. The Hall–Kier alpha value is -6.08. The van der Waals surface area contributed by atoms with Gasteiger partial charge in [0.1, 0.15) is 17.4 Å². The minimum absolute atomic E-state index is 0.0788. The van der Waals surface area contributed by atoms with Crippen LogP contribution in [-0.2, 0) is 44.7 Å². The molecule has 1 N–H and O–H groups in total. The summed E-state index contributed by atoms with van der Waals surface area (Å²) in [5, 5.41) is 3.74. The number of halogens is 1. The largest absolute Gasteiger partial charge is 0.469 e. The Bertz CT molecular complexity index is 2380. The number of Topliss-reactive ketones (excluding diaryl/α,β-unsaturated/α-hetero) is 1. The number of esters is 2. The highest BCUT2D eigenvalue weighted by Gasteiger charge is 2.40. The average Bonchev–Trinajstić information content (AvgIpc) is 4.05. The highest BCUT2D eigenvalue weighted by atomic mass is 79.9. The Balaban J connectivity index is 1.01. The van der Waals surface area contributed by atoms with Crippen molar-refractivity contribution in [3.05, 3.63) is 124 Å². The molecule has 0 bridgehead atoms. The van der Waals surface area contributed by atoms with Gasteiger partial charge in [-0.25, -0.2) is 0 Å². The van der Waals surface area contributed by atoms with Gasteiger partial charge in [-0.2, -0.15) is 0 Å². The smallest absolute Gasteiger partial charge is 0.306 e. The summed E-state index contributed by atoms with van der Waals surface area (Å²) in [7, 11) is 2.58. The molecule has 0 saturated carbocycles. The second kappa shape index (κ2) is 18.9. The van der Waals surface area contributed by atoms with Crippen LogP contribution in [0.1, 0.15) is 67.1 Å². The number of nitrogens with one attached hydrogen (secondary N) is 1. The molecule has 60 heavy (non-hydrogen) atoms. The third-order valence-electron chi connectivity index (χ3n) is 11.4. The minimum Gasteiger partial charge on any atom is -0.469 e. The Morgan fingerprint density at radius 3 is 1.80 bits per heavy atom. The van der Waals surface area contributed by atoms with Crippen molar-refractivity contribution in [2.24, 2.45) is 0 Å². The van der Waals surface area contributed by atoms with Gasteiger partial charge in [-0.3, -0.25) is 28.8 Å². The number of hydrogen-bond donors (Lipinski definition) is 1. The molecule has 7 rings (SSSR count). The van der Waals surface area contributed by atoms with Crippen molar-refractivity contribution in [2.45, 2.75) is 68.9 Å². The second-order valence-corrected chi connectivity index (χ2v) is 15.9. The van der Waals surface area contributed by atoms with E-state index in [1.165, 1.54) is 14.2 Å². The number of likely N-dealkylation sites (tertiary alicyclic amines) is 2. The highest BCUT2D eigenvalue weighted by Crippen LogP contribution is 2.39. The summed E-state index contributed by atoms with van der Waals surface area (Å²) in [6.07, 6.45) is 2.27. The molecular formula is C47H46BrN3O9. The molecule has 4 aromatic carbocycles. The van der Waals surface area contributed by atoms with Crippen LogP contribution in [0.25, 0.3) is 22.3 Å². The zero-order valence-electron chi connectivity index (χ0n) is 33.4. The van der Waals surface area contributed by atoms with Crippen LogP contribution in [-0.4, -0.2) is 84.6 Å². The van der Waals surface area contributed by atoms with Crippen molar-refractivity contribution in [1.29, 1.82) is 0 Å². The van der Waals surface area contributed by atoms with E-state index in [1.54, 1.807) is 34.1 Å². The molecule has 12 nitrogen and oxygen atoms in total. The van der Waals surface area contributed by atoms with Gasteiger partial charge in [0.15, 0.2) is 5.78 Å². The molecule has 2 fully saturated rings. The summed E-state index contributed by atoms with van der Waals surface area (Å²) in [6, 6.07) is 29.6. The van der Waals surface area contributed by atoms with Gasteiger partial charge in [0.05, 0.1) is 49.4 Å². The average molecular weight is 877 g/mol. The zero-order chi connectivity index (χ0) is 42.3. The van der Waals surface area contributed by atoms with Gasteiger partial charge in [-0.05, 0) is 94.7 Å². The number of furan rings is 1. The van der Waals surface area contributed by atoms with Gasteiger partial charge in [-0.1, -0.05) is 66.7 Å². The molecule has 310 valence electrons. The Kier molecular flexibility index (Phi) is 13.2. The third-order valence-corrected chi connectivity index (χ3v) is 12.2. The zero-order valence-corrected chi connectivity index (χ0v) is 35.0. The molecule has 2 saturated heterocycles. The SMILES string of the molecule is COC(=O)C[C@@H](C(=O)N1CCC[C@H]1C(=O)Cc1ccc2oc(-c3ccc(NC(=O)[C@@H]4CCCN4C(=O)[C@H](CC(=O)OC)c4ccccc4)cc3)c(Br)c2c1)c1ccccc1. The van der Waals surface area contributed by atoms with Gasteiger partial charge >= 0.3 is 11.9 Å². The molecule has 0 radical (unpaired) electrons. The van der Waals surface area contributed by atoms with Crippen LogP contribution < -0.4 is 5.32 Å². The number of anilines is 1. The number of rotatable bonds is 14. The van der Waals surface area contributed by atoms with Crippen LogP contribution in [0.3, 0.4) is 0 Å². The normalized spacial score (nSPS) is 17.2. The number of ketones is 1. The van der Waals surface area contributed by atoms with Gasteiger partial charge in [0.2, 0.25) is 17.7 Å². The van der Waals surface area contributed by atoms with Crippen molar-refractivity contribution in [2.75, 3.05) is 32.6 Å². The lowest BCUT2D eigenvalue weighted by Crippen LogP contribution is -2.45. The van der Waals surface area contributed by atoms with E-state index in [0.29, 0.717) is 71.4 Å². The lowest BCUT2D eigenvalue weighted by Gasteiger charge is -2.28. The lowest BCUT2D eigenvalue weighted by atomic mass is 9.93. The molecule has 2 aliphatic rings. The van der Waals surface area contributed by atoms with E-state index in [-0.39, 0.29) is 42.8 Å². The summed E-state index contributed by atoms with van der Waals surface area (Å²) in [5.41, 5.74) is 4.07. The predicted octanol–water partition coefficient (Wildman–Crippen LogP) is 7.59. The van der Waals surface area contributed by atoms with Crippen LogP contribution in [0.5, 0.6) is 0 Å². The minimum atomic E-state index is -0.767. The number of carbonyl (C=O) groups is 6. The van der Waals surface area contributed by atoms with Crippen LogP contribution in [0.4, 0.5) is 5.69 Å². The van der Waals surface area contributed by atoms with Crippen LogP contribution in [0.15, 0.2) is 112 Å². The fourth-order valence-electron chi connectivity index (χ4n) is 8.29. The van der Waals surface area contributed by atoms with Crippen molar-refractivity contribution < 1.29 is 42.7 Å². The number of benzene rings is 4. The third kappa shape index (κ3) is 9.21. The number of methoxy groups -OCH3 is 2. The van der Waals surface area contributed by atoms with E-state index >= 15 is 0 Å². The Morgan fingerprint density at radius 2 is 1.25 bits per heavy atom. The number of hydrogen-bond acceptors (Lipinski definition) is 9. The maximum Gasteiger partial charge on any atom is 0.306 e. The number of nitrogens with zero attached hydrogens (tertiary/aromatic N) is 2. The first kappa shape index (κ1) is 42.1. The quantitative estimate of drug-likeness (QED) is 0.111. The van der Waals surface area contributed by atoms with Crippen LogP contribution in [0.2, 0.25) is 0 Å². The number of ether oxygens (including phenoxy) is 2. The molecule has 13 heteroatoms. The molecule has 5 aromatic rings. The predicted molar refractivity (Wildman–Crippen MR) is 228 cm³/mol. The van der Waals surface area contributed by atoms with Crippen molar-refractivity contribution in [1.82, 2.24) is 9.80 Å². The fourth-order valence-corrected chi connectivity index (χ4v) is 8.91. The molecular weight excluding hydrogens is 830 g/mol. The second-order valence-electron chi connectivity index (χ2n) is 15.2. The molecule has 3 amide bonds. The van der Waals surface area contributed by atoms with Gasteiger partial charge in [0.25, 0.3) is 0 Å². The van der Waals surface area contributed by atoms with Gasteiger partial charge < -0.3 is 29.0 Å². The lowest BCUT2D eigenvalue weighted by molar-refractivity contribution is -0.146. The summed E-state index contributed by atoms with van der Waals surface area (Å²) >= 11 is 3.71. The maximum absolute atomic E-state index is 13.9. The summed E-state index contributed by atoms with van der Waals surface area (Å²) < 4.78 is 16.7. The molecule has 0 spiro atoms. The van der Waals surface area contributed by atoms with Gasteiger partial charge in [0, 0.05) is 36.1 Å². The number of fused-ring (bicyclic) bond motifs is 1. The van der Waals surface area contributed by atoms with Crippen molar-refractivity contribution in [3.8, 4) is 11.3 Å². The molecule has 4 atom stereocenters. The first-order chi connectivity index (χ1) is 29.1. The first-order valence-corrected chi connectivity index (χ1v) is 20.8. The van der Waals surface area contributed by atoms with E-state index in [1.807, 2.05) is 78.9 Å². The van der Waals surface area contributed by atoms with Crippen molar-refractivity contribution in [3.63, 3.8) is 0 Å². The van der Waals surface area contributed by atoms with E-state index in [4.69, 9.17) is 13.9 Å². The van der Waals surface area contributed by atoms with Crippen LogP contribution >= 0.6 is 15.9 Å². The van der Waals surface area contributed by atoms with Gasteiger partial charge in [-0.15, -0.1) is 0 Å². The summed E-state index contributed by atoms with van der Waals surface area (Å²) in [5.74, 6) is -2.88. The standard InChI is InChI=1S/C47H46BrN3O9/c1-58-41(53)27-34(30-11-5-3-6-12-30)46(56)50-23-9-15-37(50)39(52)26-29-17-22-40-36(25-29)43(48)44(60-40)32-18-20-33(21-19-32)49-45(55)38-16-10-24-51(38)47(57)35(28-42(54)59-2)31-13-7-4-8-14-31/h3-8,11-14,17-22,25,34-35,37-38H,9-10,15-16,23-24,26-28H2,1-2H3,(H,49,55)/t34-,35-,37+,38+/m1/s1. The first-order valence-electron chi connectivity index (χ1n) is 20.1. The summed E-state index contributed by atoms with van der Waals surface area (Å²) in [4.78, 5) is 82.9. The monoisotopic (exact) mass is 875 g/mol. The number of carbonyl (C=O) groups excluding carboxylic acids is 6. The number of amides is 3. The van der Waals surface area contributed by atoms with E-state index in [9.17, 15) is 28.8 Å². The van der Waals surface area contributed by atoms with E-state index in [2.05, 4.69) is 21.2 Å². The molecule has 2 aliphatic heterocycles. The van der Waals surface area contributed by atoms with E-state index < -0.39 is 35.9 Å². The van der Waals surface area contributed by atoms with Crippen molar-refractivity contribution >= 4 is 68.0 Å². The topological polar surface area (TPSA) is 153 Å².